The zero-order valence-corrected chi connectivity index (χ0v) is 12.5. The first-order chi connectivity index (χ1) is 9.94. The SMILES string of the molecule is Cc1ccc2cncc(C(=O)NC3CCS(=O)(=O)C3)c2c1. The summed E-state index contributed by atoms with van der Waals surface area (Å²) in [5.74, 6) is -0.0957. The van der Waals surface area contributed by atoms with Gasteiger partial charge >= 0.3 is 0 Å². The van der Waals surface area contributed by atoms with Crippen LogP contribution in [0.4, 0.5) is 0 Å². The molecule has 1 amide bonds. The Labute approximate surface area is 123 Å². The summed E-state index contributed by atoms with van der Waals surface area (Å²) in [5, 5.41) is 4.54. The van der Waals surface area contributed by atoms with E-state index in [0.29, 0.717) is 12.0 Å². The molecular weight excluding hydrogens is 288 g/mol. The van der Waals surface area contributed by atoms with Gasteiger partial charge in [-0.25, -0.2) is 8.42 Å². The van der Waals surface area contributed by atoms with Gasteiger partial charge in [0.2, 0.25) is 0 Å². The number of aryl methyl sites for hydroxylation is 1. The van der Waals surface area contributed by atoms with Gasteiger partial charge in [0.05, 0.1) is 17.1 Å². The van der Waals surface area contributed by atoms with Gasteiger partial charge in [-0.05, 0) is 18.7 Å². The molecule has 0 aliphatic carbocycles. The zero-order valence-electron chi connectivity index (χ0n) is 11.7. The minimum atomic E-state index is -3.00. The molecule has 1 atom stereocenters. The maximum Gasteiger partial charge on any atom is 0.253 e. The predicted octanol–water partition coefficient (Wildman–Crippen LogP) is 1.46. The monoisotopic (exact) mass is 304 g/mol. The van der Waals surface area contributed by atoms with Gasteiger partial charge in [-0.1, -0.05) is 23.8 Å². The van der Waals surface area contributed by atoms with Gasteiger partial charge in [-0.15, -0.1) is 0 Å². The normalized spacial score (nSPS) is 20.5. The second-order valence-electron chi connectivity index (χ2n) is 5.49. The highest BCUT2D eigenvalue weighted by atomic mass is 32.2. The number of hydrogen-bond acceptors (Lipinski definition) is 4. The summed E-state index contributed by atoms with van der Waals surface area (Å²) >= 11 is 0. The molecule has 0 saturated carbocycles. The van der Waals surface area contributed by atoms with Gasteiger partial charge in [0.1, 0.15) is 0 Å². The Balaban J connectivity index is 1.90. The van der Waals surface area contributed by atoms with Crippen LogP contribution in [0.25, 0.3) is 10.8 Å². The lowest BCUT2D eigenvalue weighted by molar-refractivity contribution is 0.0942. The molecule has 0 radical (unpaired) electrons. The lowest BCUT2D eigenvalue weighted by Crippen LogP contribution is -2.35. The third kappa shape index (κ3) is 2.90. The second kappa shape index (κ2) is 5.11. The minimum absolute atomic E-state index is 0.0238. The lowest BCUT2D eigenvalue weighted by Gasteiger charge is -2.12. The van der Waals surface area contributed by atoms with Crippen molar-refractivity contribution in [1.29, 1.82) is 0 Å². The molecule has 1 saturated heterocycles. The molecule has 1 fully saturated rings. The fourth-order valence-corrected chi connectivity index (χ4v) is 4.30. The van der Waals surface area contributed by atoms with E-state index in [9.17, 15) is 13.2 Å². The molecule has 1 aromatic heterocycles. The van der Waals surface area contributed by atoms with Crippen LogP contribution in [0, 0.1) is 6.92 Å². The number of nitrogens with zero attached hydrogens (tertiary/aromatic N) is 1. The van der Waals surface area contributed by atoms with Crippen molar-refractivity contribution < 1.29 is 13.2 Å². The molecular formula is C15H16N2O3S. The van der Waals surface area contributed by atoms with Crippen LogP contribution >= 0.6 is 0 Å². The van der Waals surface area contributed by atoms with E-state index < -0.39 is 9.84 Å². The number of benzene rings is 1. The fraction of sp³-hybridized carbons (Fsp3) is 0.333. The van der Waals surface area contributed by atoms with Crippen molar-refractivity contribution in [3.05, 3.63) is 41.7 Å². The summed E-state index contributed by atoms with van der Waals surface area (Å²) in [6.45, 7) is 1.96. The smallest absolute Gasteiger partial charge is 0.253 e. The van der Waals surface area contributed by atoms with E-state index in [4.69, 9.17) is 0 Å². The number of nitrogens with one attached hydrogen (secondary N) is 1. The van der Waals surface area contributed by atoms with Crippen molar-refractivity contribution in [2.24, 2.45) is 0 Å². The van der Waals surface area contributed by atoms with Gasteiger partial charge in [0.15, 0.2) is 9.84 Å². The van der Waals surface area contributed by atoms with Crippen LogP contribution in [0.5, 0.6) is 0 Å². The van der Waals surface area contributed by atoms with Gasteiger partial charge in [0, 0.05) is 23.8 Å². The molecule has 5 nitrogen and oxygen atoms in total. The molecule has 1 aliphatic heterocycles. The van der Waals surface area contributed by atoms with Crippen molar-refractivity contribution in [3.8, 4) is 0 Å². The summed E-state index contributed by atoms with van der Waals surface area (Å²) < 4.78 is 22.9. The molecule has 110 valence electrons. The van der Waals surface area contributed by atoms with Crippen molar-refractivity contribution in [2.75, 3.05) is 11.5 Å². The summed E-state index contributed by atoms with van der Waals surface area (Å²) in [6.07, 6.45) is 3.72. The molecule has 0 bridgehead atoms. The molecule has 3 rings (SSSR count). The number of carbonyl (C=O) groups excluding carboxylic acids is 1. The number of fused-ring (bicyclic) bond motifs is 1. The maximum absolute atomic E-state index is 12.4. The highest BCUT2D eigenvalue weighted by Gasteiger charge is 2.29. The number of aromatic nitrogens is 1. The van der Waals surface area contributed by atoms with Gasteiger partial charge in [0.25, 0.3) is 5.91 Å². The van der Waals surface area contributed by atoms with E-state index in [1.54, 1.807) is 6.20 Å². The number of rotatable bonds is 2. The molecule has 2 aromatic rings. The maximum atomic E-state index is 12.4. The average molecular weight is 304 g/mol. The molecule has 0 spiro atoms. The van der Waals surface area contributed by atoms with Crippen LogP contribution in [0.1, 0.15) is 22.3 Å². The Morgan fingerprint density at radius 3 is 2.86 bits per heavy atom. The highest BCUT2D eigenvalue weighted by Crippen LogP contribution is 2.20. The van der Waals surface area contributed by atoms with Crippen molar-refractivity contribution in [1.82, 2.24) is 10.3 Å². The fourth-order valence-electron chi connectivity index (χ4n) is 2.63. The number of pyridine rings is 1. The summed E-state index contributed by atoms with van der Waals surface area (Å²) in [4.78, 5) is 16.5. The first-order valence-corrected chi connectivity index (χ1v) is 8.62. The van der Waals surface area contributed by atoms with Crippen molar-refractivity contribution in [2.45, 2.75) is 19.4 Å². The minimum Gasteiger partial charge on any atom is -0.348 e. The van der Waals surface area contributed by atoms with E-state index in [1.807, 2.05) is 25.1 Å². The van der Waals surface area contributed by atoms with Gasteiger partial charge < -0.3 is 5.32 Å². The van der Waals surface area contributed by atoms with E-state index in [0.717, 1.165) is 16.3 Å². The Bertz CT molecular complexity index is 815. The molecule has 2 heterocycles. The van der Waals surface area contributed by atoms with Crippen LogP contribution in [0.3, 0.4) is 0 Å². The largest absolute Gasteiger partial charge is 0.348 e. The Morgan fingerprint density at radius 1 is 1.33 bits per heavy atom. The molecule has 1 unspecified atom stereocenters. The standard InChI is InChI=1S/C15H16N2O3S/c1-10-2-3-11-7-16-8-14(13(11)6-10)15(18)17-12-4-5-21(19,20)9-12/h2-3,6-8,12H,4-5,9H2,1H3,(H,17,18). The topological polar surface area (TPSA) is 76.1 Å². The predicted molar refractivity (Wildman–Crippen MR) is 81.0 cm³/mol. The number of hydrogen-bond donors (Lipinski definition) is 1. The van der Waals surface area contributed by atoms with E-state index >= 15 is 0 Å². The summed E-state index contributed by atoms with van der Waals surface area (Å²) in [6, 6.07) is 5.53. The van der Waals surface area contributed by atoms with E-state index in [-0.39, 0.29) is 23.5 Å². The average Bonchev–Trinajstić information content (AvgIpc) is 2.77. The van der Waals surface area contributed by atoms with Gasteiger partial charge in [-0.2, -0.15) is 0 Å². The Hall–Kier alpha value is -1.95. The van der Waals surface area contributed by atoms with Crippen LogP contribution in [0.2, 0.25) is 0 Å². The van der Waals surface area contributed by atoms with Crippen LogP contribution in [0.15, 0.2) is 30.6 Å². The molecule has 6 heteroatoms. The third-order valence-electron chi connectivity index (χ3n) is 3.73. The van der Waals surface area contributed by atoms with E-state index in [1.165, 1.54) is 6.20 Å². The number of amides is 1. The number of sulfone groups is 1. The highest BCUT2D eigenvalue weighted by molar-refractivity contribution is 7.91. The van der Waals surface area contributed by atoms with Crippen LogP contribution in [-0.4, -0.2) is 36.9 Å². The van der Waals surface area contributed by atoms with Crippen molar-refractivity contribution in [3.63, 3.8) is 0 Å². The van der Waals surface area contributed by atoms with E-state index in [2.05, 4.69) is 10.3 Å². The van der Waals surface area contributed by atoms with Crippen molar-refractivity contribution >= 4 is 26.5 Å². The lowest BCUT2D eigenvalue weighted by atomic mass is 10.0. The summed E-state index contributed by atoms with van der Waals surface area (Å²) in [7, 11) is -3.00. The zero-order chi connectivity index (χ0) is 15.0. The number of carbonyl (C=O) groups is 1. The van der Waals surface area contributed by atoms with Crippen LogP contribution in [-0.2, 0) is 9.84 Å². The Kier molecular flexibility index (Phi) is 3.41. The van der Waals surface area contributed by atoms with Crippen LogP contribution < -0.4 is 5.32 Å². The summed E-state index contributed by atoms with van der Waals surface area (Å²) in [5.41, 5.74) is 1.55. The molecule has 1 N–H and O–H groups in total. The molecule has 1 aliphatic rings. The first-order valence-electron chi connectivity index (χ1n) is 6.80. The third-order valence-corrected chi connectivity index (χ3v) is 5.50. The second-order valence-corrected chi connectivity index (χ2v) is 7.71. The molecule has 21 heavy (non-hydrogen) atoms. The first kappa shape index (κ1) is 14.0. The quantitative estimate of drug-likeness (QED) is 0.911. The van der Waals surface area contributed by atoms with Gasteiger partial charge in [-0.3, -0.25) is 9.78 Å². The molecule has 1 aromatic carbocycles. The Morgan fingerprint density at radius 2 is 2.14 bits per heavy atom.